The Labute approximate surface area is 128 Å². The van der Waals surface area contributed by atoms with Gasteiger partial charge in [-0.1, -0.05) is 30.3 Å². The maximum atomic E-state index is 12.2. The zero-order chi connectivity index (χ0) is 15.1. The number of carbonyl (C=O) groups is 1. The minimum atomic E-state index is -0.180. The van der Waals surface area contributed by atoms with Gasteiger partial charge in [-0.3, -0.25) is 0 Å². The zero-order valence-electron chi connectivity index (χ0n) is 12.0. The fourth-order valence-electron chi connectivity index (χ4n) is 1.94. The van der Waals surface area contributed by atoms with E-state index < -0.39 is 0 Å². The highest BCUT2D eigenvalue weighted by molar-refractivity contribution is 7.09. The van der Waals surface area contributed by atoms with Crippen molar-refractivity contribution in [1.29, 1.82) is 0 Å². The fourth-order valence-corrected chi connectivity index (χ4v) is 2.66. The fraction of sp³-hybridized carbons (Fsp3) is 0.333. The van der Waals surface area contributed by atoms with Gasteiger partial charge in [-0.2, -0.15) is 0 Å². The minimum Gasteiger partial charge on any atom is -0.395 e. The molecule has 1 heterocycles. The average Bonchev–Trinajstić information content (AvgIpc) is 2.91. The van der Waals surface area contributed by atoms with Gasteiger partial charge in [-0.05, 0) is 12.5 Å². The number of aryl methyl sites for hydroxylation is 1. The molecule has 0 spiro atoms. The van der Waals surface area contributed by atoms with Crippen molar-refractivity contribution in [1.82, 2.24) is 15.2 Å². The summed E-state index contributed by atoms with van der Waals surface area (Å²) in [6.45, 7) is 3.12. The highest BCUT2D eigenvalue weighted by Gasteiger charge is 2.13. The molecule has 0 saturated heterocycles. The van der Waals surface area contributed by atoms with Gasteiger partial charge in [0.1, 0.15) is 0 Å². The number of amides is 2. The minimum absolute atomic E-state index is 0.0557. The van der Waals surface area contributed by atoms with Gasteiger partial charge in [0.2, 0.25) is 0 Å². The SMILES string of the molecule is Cc1ncsc1CNC(=O)N(CCO)Cc1ccccc1. The molecule has 1 aromatic carbocycles. The van der Waals surface area contributed by atoms with E-state index in [0.717, 1.165) is 16.1 Å². The van der Waals surface area contributed by atoms with Crippen LogP contribution >= 0.6 is 11.3 Å². The second-order valence-corrected chi connectivity index (χ2v) is 5.59. The molecule has 0 bridgehead atoms. The third kappa shape index (κ3) is 4.54. The van der Waals surface area contributed by atoms with Crippen molar-refractivity contribution in [3.8, 4) is 0 Å². The summed E-state index contributed by atoms with van der Waals surface area (Å²) < 4.78 is 0. The van der Waals surface area contributed by atoms with Crippen molar-refractivity contribution >= 4 is 17.4 Å². The van der Waals surface area contributed by atoms with Gasteiger partial charge >= 0.3 is 6.03 Å². The van der Waals surface area contributed by atoms with Gasteiger partial charge in [0, 0.05) is 18.0 Å². The van der Waals surface area contributed by atoms with E-state index >= 15 is 0 Å². The Balaban J connectivity index is 1.94. The molecule has 0 radical (unpaired) electrons. The lowest BCUT2D eigenvalue weighted by molar-refractivity contribution is 0.174. The van der Waals surface area contributed by atoms with Crippen LogP contribution in [0.3, 0.4) is 0 Å². The molecule has 0 atom stereocenters. The van der Waals surface area contributed by atoms with Crippen molar-refractivity contribution in [2.45, 2.75) is 20.0 Å². The van der Waals surface area contributed by atoms with Crippen LogP contribution in [-0.4, -0.2) is 34.2 Å². The summed E-state index contributed by atoms with van der Waals surface area (Å²) in [5, 5.41) is 12.0. The molecule has 0 aliphatic carbocycles. The lowest BCUT2D eigenvalue weighted by Crippen LogP contribution is -2.40. The highest BCUT2D eigenvalue weighted by Crippen LogP contribution is 2.12. The van der Waals surface area contributed by atoms with Gasteiger partial charge in [0.25, 0.3) is 0 Å². The number of hydrogen-bond donors (Lipinski definition) is 2. The Bertz CT molecular complexity index is 571. The summed E-state index contributed by atoms with van der Waals surface area (Å²) in [4.78, 5) is 19.0. The molecular formula is C15H19N3O2S. The summed E-state index contributed by atoms with van der Waals surface area (Å²) >= 11 is 1.53. The number of aliphatic hydroxyl groups is 1. The summed E-state index contributed by atoms with van der Waals surface area (Å²) in [7, 11) is 0. The van der Waals surface area contributed by atoms with E-state index in [1.54, 1.807) is 10.4 Å². The topological polar surface area (TPSA) is 65.5 Å². The van der Waals surface area contributed by atoms with E-state index in [2.05, 4.69) is 10.3 Å². The first-order valence-electron chi connectivity index (χ1n) is 6.77. The van der Waals surface area contributed by atoms with Gasteiger partial charge < -0.3 is 15.3 Å². The highest BCUT2D eigenvalue weighted by atomic mass is 32.1. The molecule has 0 fully saturated rings. The number of rotatable bonds is 6. The Morgan fingerprint density at radius 1 is 1.38 bits per heavy atom. The first-order valence-corrected chi connectivity index (χ1v) is 7.65. The first kappa shape index (κ1) is 15.5. The number of hydrogen-bond acceptors (Lipinski definition) is 4. The van der Waals surface area contributed by atoms with Gasteiger partial charge in [0.05, 0.1) is 24.4 Å². The molecule has 0 aliphatic heterocycles. The van der Waals surface area contributed by atoms with E-state index in [9.17, 15) is 4.79 Å². The number of nitrogens with zero attached hydrogens (tertiary/aromatic N) is 2. The van der Waals surface area contributed by atoms with E-state index in [1.165, 1.54) is 11.3 Å². The van der Waals surface area contributed by atoms with Crippen molar-refractivity contribution in [2.75, 3.05) is 13.2 Å². The maximum Gasteiger partial charge on any atom is 0.318 e. The summed E-state index contributed by atoms with van der Waals surface area (Å²) in [6, 6.07) is 9.55. The predicted molar refractivity (Wildman–Crippen MR) is 83.0 cm³/mol. The quantitative estimate of drug-likeness (QED) is 0.859. The van der Waals surface area contributed by atoms with Crippen molar-refractivity contribution < 1.29 is 9.90 Å². The predicted octanol–water partition coefficient (Wildman–Crippen LogP) is 2.16. The Kier molecular flexibility index (Phi) is 5.71. The van der Waals surface area contributed by atoms with Crippen LogP contribution in [-0.2, 0) is 13.1 Å². The van der Waals surface area contributed by atoms with Crippen LogP contribution in [0.1, 0.15) is 16.1 Å². The molecule has 2 rings (SSSR count). The number of benzene rings is 1. The molecule has 112 valence electrons. The molecule has 0 aliphatic rings. The zero-order valence-corrected chi connectivity index (χ0v) is 12.8. The van der Waals surface area contributed by atoms with E-state index in [4.69, 9.17) is 5.11 Å². The largest absolute Gasteiger partial charge is 0.395 e. The number of urea groups is 1. The molecule has 1 aromatic heterocycles. The standard InChI is InChI=1S/C15H19N3O2S/c1-12-14(21-11-17-12)9-16-15(20)18(7-8-19)10-13-5-3-2-4-6-13/h2-6,11,19H,7-10H2,1H3,(H,16,20). The summed E-state index contributed by atoms with van der Waals surface area (Å²) in [5.74, 6) is 0. The smallest absolute Gasteiger partial charge is 0.318 e. The van der Waals surface area contributed by atoms with Crippen LogP contribution in [0.2, 0.25) is 0 Å². The Morgan fingerprint density at radius 2 is 2.14 bits per heavy atom. The van der Waals surface area contributed by atoms with Gasteiger partial charge in [-0.15, -0.1) is 11.3 Å². The van der Waals surface area contributed by atoms with Crippen molar-refractivity contribution in [2.24, 2.45) is 0 Å². The van der Waals surface area contributed by atoms with Crippen LogP contribution in [0.5, 0.6) is 0 Å². The van der Waals surface area contributed by atoms with Gasteiger partial charge in [-0.25, -0.2) is 9.78 Å². The molecule has 2 N–H and O–H groups in total. The summed E-state index contributed by atoms with van der Waals surface area (Å²) in [5.41, 5.74) is 3.75. The summed E-state index contributed by atoms with van der Waals surface area (Å²) in [6.07, 6.45) is 0. The second kappa shape index (κ2) is 7.75. The third-order valence-electron chi connectivity index (χ3n) is 3.12. The van der Waals surface area contributed by atoms with Crippen molar-refractivity contribution in [3.63, 3.8) is 0 Å². The van der Waals surface area contributed by atoms with E-state index in [1.807, 2.05) is 37.3 Å². The molecule has 5 nitrogen and oxygen atoms in total. The van der Waals surface area contributed by atoms with Crippen LogP contribution < -0.4 is 5.32 Å². The molecule has 21 heavy (non-hydrogen) atoms. The first-order chi connectivity index (χ1) is 10.2. The van der Waals surface area contributed by atoms with Crippen LogP contribution in [0.25, 0.3) is 0 Å². The van der Waals surface area contributed by atoms with Crippen molar-refractivity contribution in [3.05, 3.63) is 52.0 Å². The molecular weight excluding hydrogens is 286 g/mol. The maximum absolute atomic E-state index is 12.2. The number of nitrogens with one attached hydrogen (secondary N) is 1. The molecule has 2 amide bonds. The number of thiazole rings is 1. The normalized spacial score (nSPS) is 10.4. The van der Waals surface area contributed by atoms with Crippen LogP contribution in [0.4, 0.5) is 4.79 Å². The number of aliphatic hydroxyl groups excluding tert-OH is 1. The lowest BCUT2D eigenvalue weighted by Gasteiger charge is -2.22. The average molecular weight is 305 g/mol. The molecule has 2 aromatic rings. The second-order valence-electron chi connectivity index (χ2n) is 4.65. The molecule has 0 saturated carbocycles. The van der Waals surface area contributed by atoms with Gasteiger partial charge in [0.15, 0.2) is 0 Å². The lowest BCUT2D eigenvalue weighted by atomic mass is 10.2. The van der Waals surface area contributed by atoms with E-state index in [0.29, 0.717) is 19.6 Å². The van der Waals surface area contributed by atoms with E-state index in [-0.39, 0.29) is 12.6 Å². The molecule has 6 heteroatoms. The van der Waals surface area contributed by atoms with Crippen LogP contribution in [0, 0.1) is 6.92 Å². The number of carbonyl (C=O) groups excluding carboxylic acids is 1. The Hall–Kier alpha value is -1.92. The Morgan fingerprint density at radius 3 is 2.76 bits per heavy atom. The number of aromatic nitrogens is 1. The third-order valence-corrected chi connectivity index (χ3v) is 4.05. The molecule has 0 unspecified atom stereocenters. The monoisotopic (exact) mass is 305 g/mol. The van der Waals surface area contributed by atoms with Crippen LogP contribution in [0.15, 0.2) is 35.8 Å².